The minimum absolute atomic E-state index is 0.0549. The van der Waals surface area contributed by atoms with Crippen molar-refractivity contribution in [3.63, 3.8) is 0 Å². The third-order valence-corrected chi connectivity index (χ3v) is 5.42. The summed E-state index contributed by atoms with van der Waals surface area (Å²) in [4.78, 5) is 16.0. The Morgan fingerprint density at radius 1 is 1.36 bits per heavy atom. The number of benzene rings is 1. The summed E-state index contributed by atoms with van der Waals surface area (Å²) in [6.45, 7) is 0. The molecule has 2 atom stereocenters. The van der Waals surface area contributed by atoms with Crippen LogP contribution in [-0.4, -0.2) is 19.3 Å². The van der Waals surface area contributed by atoms with Crippen molar-refractivity contribution in [2.45, 2.75) is 18.1 Å². The minimum Gasteiger partial charge on any atom is -0.274 e. The number of nitriles is 1. The van der Waals surface area contributed by atoms with Gasteiger partial charge in [-0.05, 0) is 41.7 Å². The quantitative estimate of drug-likeness (QED) is 0.808. The van der Waals surface area contributed by atoms with Gasteiger partial charge in [-0.3, -0.25) is 9.52 Å². The molecule has 2 unspecified atom stereocenters. The SMILES string of the molecule is N#Cc1cccc(C2CC2C(=O)NS(=O)(=O)Cc2ccc(Cl)nc2)c1. The van der Waals surface area contributed by atoms with Crippen LogP contribution in [0.2, 0.25) is 5.15 Å². The summed E-state index contributed by atoms with van der Waals surface area (Å²) in [6, 6.07) is 12.1. The van der Waals surface area contributed by atoms with Crippen LogP contribution in [0.5, 0.6) is 0 Å². The van der Waals surface area contributed by atoms with E-state index in [1.165, 1.54) is 12.3 Å². The number of hydrogen-bond donors (Lipinski definition) is 1. The Bertz CT molecular complexity index is 952. The first-order chi connectivity index (χ1) is 11.9. The van der Waals surface area contributed by atoms with E-state index in [1.807, 2.05) is 6.07 Å². The normalized spacial score (nSPS) is 19.0. The first-order valence-corrected chi connectivity index (χ1v) is 9.56. The van der Waals surface area contributed by atoms with Gasteiger partial charge in [0, 0.05) is 12.1 Å². The van der Waals surface area contributed by atoms with Gasteiger partial charge in [0.05, 0.1) is 17.4 Å². The lowest BCUT2D eigenvalue weighted by atomic mass is 10.1. The zero-order chi connectivity index (χ0) is 18.0. The second-order valence-electron chi connectivity index (χ2n) is 5.90. The van der Waals surface area contributed by atoms with E-state index in [1.54, 1.807) is 24.3 Å². The van der Waals surface area contributed by atoms with Crippen LogP contribution in [0.25, 0.3) is 0 Å². The highest BCUT2D eigenvalue weighted by molar-refractivity contribution is 7.89. The molecule has 1 aromatic carbocycles. The Balaban J connectivity index is 1.62. The van der Waals surface area contributed by atoms with Crippen molar-refractivity contribution in [3.05, 3.63) is 64.4 Å². The molecule has 1 aliphatic rings. The average Bonchev–Trinajstić information content (AvgIpc) is 3.37. The molecule has 1 aromatic heterocycles. The van der Waals surface area contributed by atoms with Crippen LogP contribution < -0.4 is 4.72 Å². The van der Waals surface area contributed by atoms with Crippen molar-refractivity contribution in [3.8, 4) is 6.07 Å². The molecular weight excluding hydrogens is 362 g/mol. The summed E-state index contributed by atoms with van der Waals surface area (Å²) in [5.41, 5.74) is 1.84. The third kappa shape index (κ3) is 4.35. The highest BCUT2D eigenvalue weighted by Gasteiger charge is 2.45. The van der Waals surface area contributed by atoms with E-state index in [4.69, 9.17) is 16.9 Å². The van der Waals surface area contributed by atoms with Crippen molar-refractivity contribution >= 4 is 27.5 Å². The van der Waals surface area contributed by atoms with E-state index in [-0.39, 0.29) is 16.8 Å². The van der Waals surface area contributed by atoms with Crippen molar-refractivity contribution in [1.82, 2.24) is 9.71 Å². The highest BCUT2D eigenvalue weighted by Crippen LogP contribution is 2.47. The van der Waals surface area contributed by atoms with E-state index in [9.17, 15) is 13.2 Å². The van der Waals surface area contributed by atoms with Crippen molar-refractivity contribution in [2.24, 2.45) is 5.92 Å². The standard InChI is InChI=1S/C17H14ClN3O3S/c18-16-5-4-12(9-20-16)10-25(23,24)21-17(22)15-7-14(15)13-3-1-2-11(6-13)8-19/h1-6,9,14-15H,7,10H2,(H,21,22). The number of hydrogen-bond acceptors (Lipinski definition) is 5. The molecular formula is C17H14ClN3O3S. The van der Waals surface area contributed by atoms with Crippen molar-refractivity contribution in [1.29, 1.82) is 5.26 Å². The molecule has 3 rings (SSSR count). The number of rotatable bonds is 5. The number of amides is 1. The van der Waals surface area contributed by atoms with E-state index in [2.05, 4.69) is 15.8 Å². The molecule has 128 valence electrons. The van der Waals surface area contributed by atoms with Crippen LogP contribution >= 0.6 is 11.6 Å². The van der Waals surface area contributed by atoms with Gasteiger partial charge < -0.3 is 0 Å². The van der Waals surface area contributed by atoms with Crippen LogP contribution in [-0.2, 0) is 20.6 Å². The molecule has 0 saturated heterocycles. The Labute approximate surface area is 150 Å². The van der Waals surface area contributed by atoms with E-state index in [0.29, 0.717) is 17.5 Å². The Hall–Kier alpha value is -2.43. The number of sulfonamides is 1. The number of aromatic nitrogens is 1. The van der Waals surface area contributed by atoms with Gasteiger partial charge in [0.2, 0.25) is 15.9 Å². The number of pyridine rings is 1. The molecule has 6 nitrogen and oxygen atoms in total. The summed E-state index contributed by atoms with van der Waals surface area (Å²) >= 11 is 5.66. The number of nitrogens with zero attached hydrogens (tertiary/aromatic N) is 2. The number of halogens is 1. The van der Waals surface area contributed by atoms with Gasteiger partial charge in [0.25, 0.3) is 0 Å². The van der Waals surface area contributed by atoms with Crippen LogP contribution in [0.3, 0.4) is 0 Å². The maximum absolute atomic E-state index is 12.2. The third-order valence-electron chi connectivity index (χ3n) is 3.97. The van der Waals surface area contributed by atoms with Crippen LogP contribution in [0.1, 0.15) is 29.0 Å². The molecule has 0 aliphatic heterocycles. The van der Waals surface area contributed by atoms with Crippen molar-refractivity contribution in [2.75, 3.05) is 0 Å². The fourth-order valence-electron chi connectivity index (χ4n) is 2.67. The number of carbonyl (C=O) groups excluding carboxylic acids is 1. The first kappa shape index (κ1) is 17.4. The van der Waals surface area contributed by atoms with Gasteiger partial charge in [0.15, 0.2) is 0 Å². The number of nitrogens with one attached hydrogen (secondary N) is 1. The second kappa shape index (κ2) is 6.82. The zero-order valence-corrected chi connectivity index (χ0v) is 14.6. The lowest BCUT2D eigenvalue weighted by Gasteiger charge is -2.07. The van der Waals surface area contributed by atoms with Gasteiger partial charge in [-0.15, -0.1) is 0 Å². The van der Waals surface area contributed by atoms with Gasteiger partial charge in [0.1, 0.15) is 5.15 Å². The molecule has 1 aliphatic carbocycles. The van der Waals surface area contributed by atoms with E-state index >= 15 is 0 Å². The molecule has 2 aromatic rings. The van der Waals surface area contributed by atoms with E-state index < -0.39 is 21.8 Å². The smallest absolute Gasteiger partial charge is 0.239 e. The second-order valence-corrected chi connectivity index (χ2v) is 8.01. The number of carbonyl (C=O) groups is 1. The molecule has 0 radical (unpaired) electrons. The monoisotopic (exact) mass is 375 g/mol. The summed E-state index contributed by atoms with van der Waals surface area (Å²) in [6.07, 6.45) is 1.93. The van der Waals surface area contributed by atoms with Gasteiger partial charge in [-0.25, -0.2) is 13.4 Å². The van der Waals surface area contributed by atoms with Crippen LogP contribution in [0, 0.1) is 17.2 Å². The molecule has 1 N–H and O–H groups in total. The Morgan fingerprint density at radius 3 is 2.84 bits per heavy atom. The summed E-state index contributed by atoms with van der Waals surface area (Å²) in [5.74, 6) is -1.31. The molecule has 0 bridgehead atoms. The van der Waals surface area contributed by atoms with Crippen LogP contribution in [0.15, 0.2) is 42.6 Å². The zero-order valence-electron chi connectivity index (χ0n) is 13.0. The summed E-state index contributed by atoms with van der Waals surface area (Å²) in [7, 11) is -3.81. The fourth-order valence-corrected chi connectivity index (χ4v) is 3.92. The maximum Gasteiger partial charge on any atom is 0.239 e. The van der Waals surface area contributed by atoms with Gasteiger partial charge in [-0.1, -0.05) is 29.8 Å². The minimum atomic E-state index is -3.81. The molecule has 1 amide bonds. The Morgan fingerprint density at radius 2 is 2.16 bits per heavy atom. The lowest BCUT2D eigenvalue weighted by molar-refractivity contribution is -0.120. The van der Waals surface area contributed by atoms with E-state index in [0.717, 1.165) is 5.56 Å². The maximum atomic E-state index is 12.2. The summed E-state index contributed by atoms with van der Waals surface area (Å²) < 4.78 is 26.4. The largest absolute Gasteiger partial charge is 0.274 e. The highest BCUT2D eigenvalue weighted by atomic mass is 35.5. The predicted octanol–water partition coefficient (Wildman–Crippen LogP) is 2.36. The van der Waals surface area contributed by atoms with Gasteiger partial charge >= 0.3 is 0 Å². The first-order valence-electron chi connectivity index (χ1n) is 7.53. The lowest BCUT2D eigenvalue weighted by Crippen LogP contribution is -2.33. The fraction of sp³-hybridized carbons (Fsp3) is 0.235. The Kier molecular flexibility index (Phi) is 4.75. The topological polar surface area (TPSA) is 99.9 Å². The summed E-state index contributed by atoms with van der Waals surface area (Å²) in [5, 5.41) is 9.20. The average molecular weight is 376 g/mol. The molecule has 1 fully saturated rings. The molecule has 8 heteroatoms. The molecule has 25 heavy (non-hydrogen) atoms. The molecule has 1 saturated carbocycles. The van der Waals surface area contributed by atoms with Crippen LogP contribution in [0.4, 0.5) is 0 Å². The van der Waals surface area contributed by atoms with Crippen molar-refractivity contribution < 1.29 is 13.2 Å². The molecule has 0 spiro atoms. The molecule has 1 heterocycles. The van der Waals surface area contributed by atoms with Gasteiger partial charge in [-0.2, -0.15) is 5.26 Å². The predicted molar refractivity (Wildman–Crippen MR) is 92.0 cm³/mol.